The fourth-order valence-electron chi connectivity index (χ4n) is 1.64. The molecule has 0 aliphatic heterocycles. The predicted octanol–water partition coefficient (Wildman–Crippen LogP) is 3.19. The zero-order chi connectivity index (χ0) is 14.0. The van der Waals surface area contributed by atoms with Crippen molar-refractivity contribution >= 4 is 28.9 Å². The molecule has 0 aromatic heterocycles. The molecule has 0 unspecified atom stereocenters. The van der Waals surface area contributed by atoms with Crippen molar-refractivity contribution in [2.75, 3.05) is 11.1 Å². The van der Waals surface area contributed by atoms with Gasteiger partial charge in [0.1, 0.15) is 5.75 Å². The number of benzene rings is 2. The molecule has 4 N–H and O–H groups in total. The zero-order valence-corrected chi connectivity index (χ0v) is 11.0. The van der Waals surface area contributed by atoms with Crippen molar-refractivity contribution in [1.29, 1.82) is 0 Å². The molecule has 0 aliphatic carbocycles. The highest BCUT2D eigenvalue weighted by molar-refractivity contribution is 6.33. The first kappa shape index (κ1) is 13.2. The van der Waals surface area contributed by atoms with Crippen LogP contribution < -0.4 is 11.1 Å². The lowest BCUT2D eigenvalue weighted by atomic mass is 10.1. The second kappa shape index (κ2) is 5.20. The van der Waals surface area contributed by atoms with Crippen molar-refractivity contribution < 1.29 is 9.90 Å². The van der Waals surface area contributed by atoms with E-state index >= 15 is 0 Å². The summed E-state index contributed by atoms with van der Waals surface area (Å²) in [6.07, 6.45) is 0. The topological polar surface area (TPSA) is 75.4 Å². The fraction of sp³-hybridized carbons (Fsp3) is 0.0714. The quantitative estimate of drug-likeness (QED) is 0.582. The number of nitrogens with one attached hydrogen (secondary N) is 1. The third kappa shape index (κ3) is 2.80. The van der Waals surface area contributed by atoms with Crippen molar-refractivity contribution in [3.05, 3.63) is 52.5 Å². The van der Waals surface area contributed by atoms with Crippen LogP contribution in [0.25, 0.3) is 0 Å². The molecule has 0 heterocycles. The molecule has 4 nitrogen and oxygen atoms in total. The van der Waals surface area contributed by atoms with Crippen molar-refractivity contribution in [3.8, 4) is 5.75 Å². The molecule has 0 spiro atoms. The highest BCUT2D eigenvalue weighted by Crippen LogP contribution is 2.27. The monoisotopic (exact) mass is 276 g/mol. The van der Waals surface area contributed by atoms with Gasteiger partial charge in [-0.05, 0) is 36.8 Å². The number of para-hydroxylation sites is 1. The molecule has 0 aliphatic rings. The van der Waals surface area contributed by atoms with Crippen LogP contribution in [0.3, 0.4) is 0 Å². The number of nitrogens with two attached hydrogens (primary N) is 1. The lowest BCUT2D eigenvalue weighted by Crippen LogP contribution is -2.12. The van der Waals surface area contributed by atoms with Gasteiger partial charge in [-0.15, -0.1) is 0 Å². The molecular weight excluding hydrogens is 264 g/mol. The molecule has 2 rings (SSSR count). The number of carbonyl (C=O) groups is 1. The minimum atomic E-state index is -0.357. The Morgan fingerprint density at radius 3 is 2.74 bits per heavy atom. The Hall–Kier alpha value is -2.20. The Labute approximate surface area is 115 Å². The summed E-state index contributed by atoms with van der Waals surface area (Å²) in [7, 11) is 0. The van der Waals surface area contributed by atoms with Gasteiger partial charge in [-0.2, -0.15) is 0 Å². The van der Waals surface area contributed by atoms with Crippen molar-refractivity contribution in [3.63, 3.8) is 0 Å². The third-order valence-electron chi connectivity index (χ3n) is 2.74. The van der Waals surface area contributed by atoms with Crippen LogP contribution in [0.2, 0.25) is 5.02 Å². The maximum absolute atomic E-state index is 12.0. The normalized spacial score (nSPS) is 10.2. The Morgan fingerprint density at radius 1 is 1.32 bits per heavy atom. The van der Waals surface area contributed by atoms with Gasteiger partial charge < -0.3 is 16.2 Å². The summed E-state index contributed by atoms with van der Waals surface area (Å²) in [6, 6.07) is 9.75. The van der Waals surface area contributed by atoms with E-state index in [-0.39, 0.29) is 11.7 Å². The van der Waals surface area contributed by atoms with Crippen molar-refractivity contribution in [1.82, 2.24) is 0 Å². The summed E-state index contributed by atoms with van der Waals surface area (Å²) in [5.74, 6) is -0.304. The highest BCUT2D eigenvalue weighted by atomic mass is 35.5. The number of hydrogen-bond acceptors (Lipinski definition) is 3. The Kier molecular flexibility index (Phi) is 3.62. The van der Waals surface area contributed by atoms with E-state index in [1.165, 1.54) is 6.07 Å². The van der Waals surface area contributed by atoms with E-state index in [1.54, 1.807) is 37.3 Å². The number of phenolic OH excluding ortho intramolecular Hbond substituents is 1. The Morgan fingerprint density at radius 2 is 2.05 bits per heavy atom. The maximum Gasteiger partial charge on any atom is 0.255 e. The molecule has 98 valence electrons. The molecule has 2 aromatic carbocycles. The number of phenols is 1. The molecule has 0 saturated heterocycles. The highest BCUT2D eigenvalue weighted by Gasteiger charge is 2.11. The minimum Gasteiger partial charge on any atom is -0.505 e. The molecule has 2 aromatic rings. The first-order valence-electron chi connectivity index (χ1n) is 5.64. The van der Waals surface area contributed by atoms with Crippen LogP contribution in [-0.2, 0) is 0 Å². The van der Waals surface area contributed by atoms with Gasteiger partial charge in [0.15, 0.2) is 0 Å². The van der Waals surface area contributed by atoms with Gasteiger partial charge in [0.25, 0.3) is 5.91 Å². The van der Waals surface area contributed by atoms with Gasteiger partial charge in [0.2, 0.25) is 0 Å². The standard InChI is InChI=1S/C14H13ClN2O2/c1-8-3-2-4-12(13(8)18)17-14(19)9-5-6-10(15)11(16)7-9/h2-7,18H,16H2,1H3,(H,17,19). The van der Waals surface area contributed by atoms with Gasteiger partial charge in [0.05, 0.1) is 16.4 Å². The summed E-state index contributed by atoms with van der Waals surface area (Å²) < 4.78 is 0. The molecule has 0 saturated carbocycles. The lowest BCUT2D eigenvalue weighted by Gasteiger charge is -2.09. The van der Waals surface area contributed by atoms with Crippen LogP contribution in [0.5, 0.6) is 5.75 Å². The molecule has 5 heteroatoms. The Balaban J connectivity index is 2.26. The summed E-state index contributed by atoms with van der Waals surface area (Å²) in [5, 5.41) is 12.9. The number of hydrogen-bond donors (Lipinski definition) is 3. The smallest absolute Gasteiger partial charge is 0.255 e. The largest absolute Gasteiger partial charge is 0.505 e. The van der Waals surface area contributed by atoms with Crippen LogP contribution in [-0.4, -0.2) is 11.0 Å². The number of amides is 1. The fourth-order valence-corrected chi connectivity index (χ4v) is 1.76. The summed E-state index contributed by atoms with van der Waals surface area (Å²) in [6.45, 7) is 1.76. The summed E-state index contributed by atoms with van der Waals surface area (Å²) in [5.41, 5.74) is 7.41. The van der Waals surface area contributed by atoms with Crippen molar-refractivity contribution in [2.45, 2.75) is 6.92 Å². The first-order chi connectivity index (χ1) is 8.99. The number of carbonyl (C=O) groups excluding carboxylic acids is 1. The van der Waals surface area contributed by atoms with E-state index in [0.717, 1.165) is 0 Å². The van der Waals surface area contributed by atoms with Crippen molar-refractivity contribution in [2.24, 2.45) is 0 Å². The number of nitrogen functional groups attached to an aromatic ring is 1. The molecule has 0 bridgehead atoms. The molecule has 0 fully saturated rings. The second-order valence-corrected chi connectivity index (χ2v) is 4.57. The number of aromatic hydroxyl groups is 1. The molecule has 1 amide bonds. The summed E-state index contributed by atoms with van der Waals surface area (Å²) in [4.78, 5) is 12.0. The number of halogens is 1. The van der Waals surface area contributed by atoms with E-state index in [2.05, 4.69) is 5.32 Å². The van der Waals surface area contributed by atoms with Gasteiger partial charge >= 0.3 is 0 Å². The zero-order valence-electron chi connectivity index (χ0n) is 10.3. The minimum absolute atomic E-state index is 0.0535. The SMILES string of the molecule is Cc1cccc(NC(=O)c2ccc(Cl)c(N)c2)c1O. The third-order valence-corrected chi connectivity index (χ3v) is 3.09. The van der Waals surface area contributed by atoms with Gasteiger partial charge in [-0.3, -0.25) is 4.79 Å². The summed E-state index contributed by atoms with van der Waals surface area (Å²) >= 11 is 5.79. The van der Waals surface area contributed by atoms with Gasteiger partial charge in [0, 0.05) is 5.56 Å². The maximum atomic E-state index is 12.0. The number of anilines is 2. The van der Waals surface area contributed by atoms with Crippen LogP contribution in [0.15, 0.2) is 36.4 Å². The average Bonchev–Trinajstić information content (AvgIpc) is 2.38. The van der Waals surface area contributed by atoms with E-state index in [4.69, 9.17) is 17.3 Å². The second-order valence-electron chi connectivity index (χ2n) is 4.16. The molecule has 0 atom stereocenters. The van der Waals surface area contributed by atoms with Gasteiger partial charge in [-0.25, -0.2) is 0 Å². The molecular formula is C14H13ClN2O2. The van der Waals surface area contributed by atoms with E-state index in [0.29, 0.717) is 27.5 Å². The van der Waals surface area contributed by atoms with Crippen LogP contribution in [0.4, 0.5) is 11.4 Å². The number of aryl methyl sites for hydroxylation is 1. The van der Waals surface area contributed by atoms with Crippen LogP contribution >= 0.6 is 11.6 Å². The number of rotatable bonds is 2. The van der Waals surface area contributed by atoms with Crippen LogP contribution in [0.1, 0.15) is 15.9 Å². The van der Waals surface area contributed by atoms with Crippen LogP contribution in [0, 0.1) is 6.92 Å². The predicted molar refractivity (Wildman–Crippen MR) is 76.7 cm³/mol. The van der Waals surface area contributed by atoms with E-state index in [1.807, 2.05) is 0 Å². The molecule has 19 heavy (non-hydrogen) atoms. The van der Waals surface area contributed by atoms with E-state index in [9.17, 15) is 9.90 Å². The lowest BCUT2D eigenvalue weighted by molar-refractivity contribution is 0.102. The first-order valence-corrected chi connectivity index (χ1v) is 6.02. The average molecular weight is 277 g/mol. The Bertz CT molecular complexity index is 641. The van der Waals surface area contributed by atoms with Gasteiger partial charge in [-0.1, -0.05) is 23.7 Å². The van der Waals surface area contributed by atoms with E-state index < -0.39 is 0 Å². The molecule has 0 radical (unpaired) electrons.